The van der Waals surface area contributed by atoms with Crippen LogP contribution in [0.5, 0.6) is 0 Å². The number of nitrogens with two attached hydrogens (primary N) is 1. The molecule has 0 saturated heterocycles. The average molecular weight is 295 g/mol. The van der Waals surface area contributed by atoms with Crippen LogP contribution < -0.4 is 5.73 Å². The van der Waals surface area contributed by atoms with E-state index < -0.39 is 11.5 Å². The summed E-state index contributed by atoms with van der Waals surface area (Å²) in [4.78, 5) is 12.2. The lowest BCUT2D eigenvalue weighted by molar-refractivity contribution is -0.152. The minimum atomic E-state index is -1.01. The predicted molar refractivity (Wildman–Crippen MR) is 86.0 cm³/mol. The van der Waals surface area contributed by atoms with Crippen LogP contribution in [-0.2, 0) is 4.79 Å². The van der Waals surface area contributed by atoms with E-state index in [9.17, 15) is 9.90 Å². The van der Waals surface area contributed by atoms with Gasteiger partial charge in [-0.05, 0) is 55.3 Å². The number of rotatable bonds is 4. The monoisotopic (exact) mass is 295 g/mol. The first-order valence-electron chi connectivity index (χ1n) is 8.89. The molecule has 0 bridgehead atoms. The van der Waals surface area contributed by atoms with E-state index in [4.69, 9.17) is 5.73 Å². The first-order chi connectivity index (χ1) is 9.87. The summed E-state index contributed by atoms with van der Waals surface area (Å²) < 4.78 is 0. The molecule has 3 N–H and O–H groups in total. The largest absolute Gasteiger partial charge is 0.480 e. The molecule has 4 atom stereocenters. The molecule has 0 aromatic carbocycles. The molecule has 2 aliphatic carbocycles. The number of carbonyl (C=O) groups is 1. The number of carboxylic acid groups (broad SMARTS) is 1. The van der Waals surface area contributed by atoms with E-state index in [-0.39, 0.29) is 11.8 Å². The van der Waals surface area contributed by atoms with Gasteiger partial charge in [0.25, 0.3) is 0 Å². The van der Waals surface area contributed by atoms with Crippen LogP contribution in [0.1, 0.15) is 72.1 Å². The molecule has 0 spiro atoms. The van der Waals surface area contributed by atoms with Crippen molar-refractivity contribution < 1.29 is 9.90 Å². The molecular weight excluding hydrogens is 262 g/mol. The highest BCUT2D eigenvalue weighted by Crippen LogP contribution is 2.47. The summed E-state index contributed by atoms with van der Waals surface area (Å²) in [5.74, 6) is 1.15. The highest BCUT2D eigenvalue weighted by atomic mass is 16.4. The second-order valence-corrected chi connectivity index (χ2v) is 8.01. The Morgan fingerprint density at radius 2 is 1.76 bits per heavy atom. The average Bonchev–Trinajstić information content (AvgIpc) is 2.46. The molecule has 3 heteroatoms. The van der Waals surface area contributed by atoms with E-state index in [1.165, 1.54) is 12.8 Å². The standard InChI is InChI=1S/C18H33NO2/c1-12(2)15-10-9-13(3)11-16(15)18(19,17(20)21)14-7-5-4-6-8-14/h12-16H,4-11,19H2,1-3H3,(H,20,21)/t13-,15+,16-,18+/m1/s1. The molecule has 2 fully saturated rings. The van der Waals surface area contributed by atoms with Gasteiger partial charge in [0.05, 0.1) is 0 Å². The topological polar surface area (TPSA) is 63.3 Å². The van der Waals surface area contributed by atoms with E-state index in [0.29, 0.717) is 17.8 Å². The Bertz CT molecular complexity index is 362. The third kappa shape index (κ3) is 3.28. The lowest BCUT2D eigenvalue weighted by Crippen LogP contribution is -2.63. The van der Waals surface area contributed by atoms with Crippen LogP contribution in [0, 0.1) is 29.6 Å². The van der Waals surface area contributed by atoms with E-state index >= 15 is 0 Å². The van der Waals surface area contributed by atoms with Crippen LogP contribution in [0.2, 0.25) is 0 Å². The predicted octanol–water partition coefficient (Wildman–Crippen LogP) is 4.06. The van der Waals surface area contributed by atoms with Crippen LogP contribution in [0.25, 0.3) is 0 Å². The molecule has 2 aliphatic rings. The number of carboxylic acids is 1. The summed E-state index contributed by atoms with van der Waals surface area (Å²) in [6.07, 6.45) is 8.87. The molecule has 0 aromatic rings. The summed E-state index contributed by atoms with van der Waals surface area (Å²) in [6.45, 7) is 6.72. The van der Waals surface area contributed by atoms with E-state index in [2.05, 4.69) is 20.8 Å². The molecule has 3 nitrogen and oxygen atoms in total. The number of hydrogen-bond acceptors (Lipinski definition) is 2. The van der Waals surface area contributed by atoms with Crippen molar-refractivity contribution in [1.29, 1.82) is 0 Å². The Morgan fingerprint density at radius 3 is 2.29 bits per heavy atom. The van der Waals surface area contributed by atoms with Crippen LogP contribution in [0.15, 0.2) is 0 Å². The first-order valence-corrected chi connectivity index (χ1v) is 8.89. The van der Waals surface area contributed by atoms with Gasteiger partial charge in [-0.25, -0.2) is 0 Å². The SMILES string of the molecule is CC(C)[C@@H]1CC[C@@H](C)C[C@H]1[C@](N)(C(=O)O)C1CCCCC1. The van der Waals surface area contributed by atoms with Gasteiger partial charge in [-0.3, -0.25) is 4.79 Å². The molecule has 2 rings (SSSR count). The Morgan fingerprint density at radius 1 is 1.14 bits per heavy atom. The summed E-state index contributed by atoms with van der Waals surface area (Å²) in [7, 11) is 0. The minimum Gasteiger partial charge on any atom is -0.480 e. The highest BCUT2D eigenvalue weighted by Gasteiger charge is 2.52. The maximum absolute atomic E-state index is 12.2. The fourth-order valence-electron chi connectivity index (χ4n) is 4.97. The van der Waals surface area contributed by atoms with Gasteiger partial charge >= 0.3 is 5.97 Å². The highest BCUT2D eigenvalue weighted by molar-refractivity contribution is 5.79. The third-order valence-corrected chi connectivity index (χ3v) is 6.29. The molecule has 0 amide bonds. The Hall–Kier alpha value is -0.570. The maximum Gasteiger partial charge on any atom is 0.324 e. The third-order valence-electron chi connectivity index (χ3n) is 6.29. The van der Waals surface area contributed by atoms with Crippen molar-refractivity contribution in [2.75, 3.05) is 0 Å². The van der Waals surface area contributed by atoms with Crippen LogP contribution >= 0.6 is 0 Å². The molecule has 2 saturated carbocycles. The van der Waals surface area contributed by atoms with Crippen LogP contribution in [-0.4, -0.2) is 16.6 Å². The fourth-order valence-corrected chi connectivity index (χ4v) is 4.97. The summed E-state index contributed by atoms with van der Waals surface area (Å²) in [5.41, 5.74) is 5.67. The van der Waals surface area contributed by atoms with Crippen molar-refractivity contribution in [2.24, 2.45) is 35.3 Å². The Balaban J connectivity index is 2.30. The Kier molecular flexibility index (Phi) is 5.34. The molecule has 0 unspecified atom stereocenters. The lowest BCUT2D eigenvalue weighted by atomic mass is 9.57. The van der Waals surface area contributed by atoms with Gasteiger partial charge in [-0.1, -0.05) is 46.5 Å². The molecule has 122 valence electrons. The van der Waals surface area contributed by atoms with Gasteiger partial charge in [0.15, 0.2) is 0 Å². The first kappa shape index (κ1) is 16.8. The smallest absolute Gasteiger partial charge is 0.324 e. The van der Waals surface area contributed by atoms with Gasteiger partial charge in [0.2, 0.25) is 0 Å². The van der Waals surface area contributed by atoms with Crippen LogP contribution in [0.3, 0.4) is 0 Å². The second-order valence-electron chi connectivity index (χ2n) is 8.01. The zero-order valence-corrected chi connectivity index (χ0v) is 14.0. The van der Waals surface area contributed by atoms with E-state index in [1.54, 1.807) is 0 Å². The van der Waals surface area contributed by atoms with Crippen LogP contribution in [0.4, 0.5) is 0 Å². The molecule has 0 aromatic heterocycles. The normalized spacial score (nSPS) is 34.6. The van der Waals surface area contributed by atoms with E-state index in [1.807, 2.05) is 0 Å². The Labute approximate surface area is 129 Å². The van der Waals surface area contributed by atoms with Crippen molar-refractivity contribution in [3.8, 4) is 0 Å². The quantitative estimate of drug-likeness (QED) is 0.822. The second kappa shape index (κ2) is 6.68. The summed E-state index contributed by atoms with van der Waals surface area (Å²) in [5, 5.41) is 10.00. The minimum absolute atomic E-state index is 0.141. The van der Waals surface area contributed by atoms with Gasteiger partial charge < -0.3 is 10.8 Å². The van der Waals surface area contributed by atoms with Gasteiger partial charge in [0.1, 0.15) is 5.54 Å². The van der Waals surface area contributed by atoms with Crippen molar-refractivity contribution in [3.63, 3.8) is 0 Å². The molecule has 21 heavy (non-hydrogen) atoms. The van der Waals surface area contributed by atoms with Gasteiger partial charge in [-0.15, -0.1) is 0 Å². The summed E-state index contributed by atoms with van der Waals surface area (Å²) >= 11 is 0. The van der Waals surface area contributed by atoms with Crippen molar-refractivity contribution in [1.82, 2.24) is 0 Å². The maximum atomic E-state index is 12.2. The molecular formula is C18H33NO2. The summed E-state index contributed by atoms with van der Waals surface area (Å²) in [6, 6.07) is 0. The zero-order valence-electron chi connectivity index (χ0n) is 14.0. The van der Waals surface area contributed by atoms with E-state index in [0.717, 1.165) is 38.5 Å². The van der Waals surface area contributed by atoms with Crippen molar-refractivity contribution in [2.45, 2.75) is 77.7 Å². The number of hydrogen-bond donors (Lipinski definition) is 2. The van der Waals surface area contributed by atoms with Crippen molar-refractivity contribution >= 4 is 5.97 Å². The molecule has 0 aliphatic heterocycles. The molecule has 0 heterocycles. The lowest BCUT2D eigenvalue weighted by Gasteiger charge is -2.49. The zero-order chi connectivity index (χ0) is 15.6. The van der Waals surface area contributed by atoms with Gasteiger partial charge in [0, 0.05) is 0 Å². The number of aliphatic carboxylic acids is 1. The molecule has 0 radical (unpaired) electrons. The fraction of sp³-hybridized carbons (Fsp3) is 0.944. The van der Waals surface area contributed by atoms with Gasteiger partial charge in [-0.2, -0.15) is 0 Å². The van der Waals surface area contributed by atoms with Crippen molar-refractivity contribution in [3.05, 3.63) is 0 Å².